The van der Waals surface area contributed by atoms with Crippen LogP contribution >= 0.6 is 0 Å². The average molecular weight is 271 g/mol. The molecule has 0 fully saturated rings. The van der Waals surface area contributed by atoms with Crippen molar-refractivity contribution in [3.05, 3.63) is 66.0 Å². The molecule has 0 spiro atoms. The summed E-state index contributed by atoms with van der Waals surface area (Å²) in [6.45, 7) is 0.531. The highest BCUT2D eigenvalue weighted by atomic mass is 19.1. The molecule has 104 valence electrons. The van der Waals surface area contributed by atoms with Gasteiger partial charge in [0, 0.05) is 19.3 Å². The van der Waals surface area contributed by atoms with E-state index in [2.05, 4.69) is 0 Å². The number of nitrogens with one attached hydrogen (secondary N) is 1. The number of rotatable bonds is 5. The first-order valence-corrected chi connectivity index (χ1v) is 6.43. The summed E-state index contributed by atoms with van der Waals surface area (Å²) in [5, 5.41) is 7.76. The third kappa shape index (κ3) is 3.35. The van der Waals surface area contributed by atoms with Crippen LogP contribution in [0.1, 0.15) is 11.5 Å². The van der Waals surface area contributed by atoms with Crippen LogP contribution in [-0.2, 0) is 0 Å². The average Bonchev–Trinajstić information content (AvgIpc) is 2.45. The first-order chi connectivity index (χ1) is 9.58. The van der Waals surface area contributed by atoms with E-state index < -0.39 is 0 Å². The zero-order valence-electron chi connectivity index (χ0n) is 11.4. The van der Waals surface area contributed by atoms with E-state index in [9.17, 15) is 4.39 Å². The maximum absolute atomic E-state index is 13.3. The van der Waals surface area contributed by atoms with Gasteiger partial charge in [-0.05, 0) is 23.8 Å². The maximum Gasteiger partial charge on any atom is 0.125 e. The molecular weight excluding hydrogens is 253 g/mol. The Bertz CT molecular complexity index is 583. The first kappa shape index (κ1) is 14.1. The first-order valence-electron chi connectivity index (χ1n) is 6.43. The molecule has 20 heavy (non-hydrogen) atoms. The molecule has 3 N–H and O–H groups in total. The predicted molar refractivity (Wildman–Crippen MR) is 80.8 cm³/mol. The Morgan fingerprint density at radius 1 is 1.20 bits per heavy atom. The summed E-state index contributed by atoms with van der Waals surface area (Å²) < 4.78 is 13.3. The van der Waals surface area contributed by atoms with Crippen LogP contribution in [0, 0.1) is 11.2 Å². The minimum absolute atomic E-state index is 0.111. The molecule has 0 heterocycles. The van der Waals surface area contributed by atoms with E-state index in [0.29, 0.717) is 6.54 Å². The van der Waals surface area contributed by atoms with Gasteiger partial charge >= 0.3 is 0 Å². The molecule has 2 rings (SSSR count). The van der Waals surface area contributed by atoms with Gasteiger partial charge < -0.3 is 10.6 Å². The van der Waals surface area contributed by atoms with E-state index in [1.165, 1.54) is 12.1 Å². The fraction of sp³-hybridized carbons (Fsp3) is 0.188. The van der Waals surface area contributed by atoms with Crippen molar-refractivity contribution in [3.8, 4) is 0 Å². The van der Waals surface area contributed by atoms with Gasteiger partial charge in [-0.15, -0.1) is 0 Å². The zero-order valence-corrected chi connectivity index (χ0v) is 11.4. The highest BCUT2D eigenvalue weighted by Gasteiger charge is 2.17. The molecule has 3 nitrogen and oxygen atoms in total. The summed E-state index contributed by atoms with van der Waals surface area (Å²) in [6, 6.07) is 16.1. The second-order valence-corrected chi connectivity index (χ2v) is 4.78. The van der Waals surface area contributed by atoms with Gasteiger partial charge in [0.15, 0.2) is 0 Å². The van der Waals surface area contributed by atoms with E-state index >= 15 is 0 Å². The summed E-state index contributed by atoms with van der Waals surface area (Å²) in [5.74, 6) is -0.364. The molecule has 0 saturated carbocycles. The van der Waals surface area contributed by atoms with E-state index in [1.54, 1.807) is 6.07 Å². The monoisotopic (exact) mass is 271 g/mol. The van der Waals surface area contributed by atoms with Crippen LogP contribution in [-0.4, -0.2) is 19.4 Å². The van der Waals surface area contributed by atoms with Gasteiger partial charge in [0.05, 0.1) is 11.8 Å². The van der Waals surface area contributed by atoms with Gasteiger partial charge in [0.2, 0.25) is 0 Å². The molecule has 2 aromatic carbocycles. The second kappa shape index (κ2) is 6.19. The molecule has 0 radical (unpaired) electrons. The van der Waals surface area contributed by atoms with Crippen LogP contribution in [0.15, 0.2) is 54.6 Å². The van der Waals surface area contributed by atoms with Crippen molar-refractivity contribution in [1.29, 1.82) is 5.41 Å². The van der Waals surface area contributed by atoms with E-state index in [1.807, 2.05) is 48.3 Å². The third-order valence-electron chi connectivity index (χ3n) is 3.28. The number of amidine groups is 1. The van der Waals surface area contributed by atoms with Crippen LogP contribution in [0.4, 0.5) is 10.1 Å². The van der Waals surface area contributed by atoms with E-state index in [4.69, 9.17) is 11.1 Å². The largest absolute Gasteiger partial charge is 0.387 e. The third-order valence-corrected chi connectivity index (χ3v) is 3.28. The van der Waals surface area contributed by atoms with Crippen LogP contribution < -0.4 is 10.6 Å². The van der Waals surface area contributed by atoms with Gasteiger partial charge in [0.1, 0.15) is 5.82 Å². The lowest BCUT2D eigenvalue weighted by molar-refractivity contribution is 0.627. The van der Waals surface area contributed by atoms with Gasteiger partial charge in [-0.3, -0.25) is 5.41 Å². The lowest BCUT2D eigenvalue weighted by atomic mass is 9.97. The Morgan fingerprint density at radius 2 is 1.90 bits per heavy atom. The highest BCUT2D eigenvalue weighted by molar-refractivity contribution is 5.85. The number of benzene rings is 2. The number of likely N-dealkylation sites (N-methyl/N-ethyl adjacent to an activating group) is 1. The Kier molecular flexibility index (Phi) is 4.35. The van der Waals surface area contributed by atoms with Gasteiger partial charge in [0.25, 0.3) is 0 Å². The number of hydrogen-bond acceptors (Lipinski definition) is 2. The maximum atomic E-state index is 13.3. The zero-order chi connectivity index (χ0) is 14.5. The van der Waals surface area contributed by atoms with Gasteiger partial charge in [-0.2, -0.15) is 0 Å². The second-order valence-electron chi connectivity index (χ2n) is 4.78. The lowest BCUT2D eigenvalue weighted by Crippen LogP contribution is -2.32. The summed E-state index contributed by atoms with van der Waals surface area (Å²) >= 11 is 0. The number of halogens is 1. The topological polar surface area (TPSA) is 53.1 Å². The Morgan fingerprint density at radius 3 is 2.50 bits per heavy atom. The molecule has 0 aromatic heterocycles. The fourth-order valence-corrected chi connectivity index (χ4v) is 2.16. The van der Waals surface area contributed by atoms with Crippen LogP contribution in [0.25, 0.3) is 0 Å². The van der Waals surface area contributed by atoms with Crippen molar-refractivity contribution in [2.45, 2.75) is 5.92 Å². The van der Waals surface area contributed by atoms with Crippen molar-refractivity contribution < 1.29 is 4.39 Å². The molecule has 1 unspecified atom stereocenters. The quantitative estimate of drug-likeness (QED) is 0.649. The van der Waals surface area contributed by atoms with Crippen LogP contribution in [0.3, 0.4) is 0 Å². The van der Waals surface area contributed by atoms with Crippen LogP contribution in [0.2, 0.25) is 0 Å². The highest BCUT2D eigenvalue weighted by Crippen LogP contribution is 2.21. The molecule has 1 atom stereocenters. The Hall–Kier alpha value is -2.36. The number of hydrogen-bond donors (Lipinski definition) is 2. The van der Waals surface area contributed by atoms with Gasteiger partial charge in [-0.25, -0.2) is 4.39 Å². The predicted octanol–water partition coefficient (Wildman–Crippen LogP) is 2.98. The van der Waals surface area contributed by atoms with Crippen molar-refractivity contribution in [1.82, 2.24) is 0 Å². The van der Waals surface area contributed by atoms with Crippen molar-refractivity contribution in [2.24, 2.45) is 5.73 Å². The lowest BCUT2D eigenvalue weighted by Gasteiger charge is -2.25. The van der Waals surface area contributed by atoms with Crippen LogP contribution in [0.5, 0.6) is 0 Å². The number of nitrogens with zero attached hydrogens (tertiary/aromatic N) is 1. The van der Waals surface area contributed by atoms with E-state index in [0.717, 1.165) is 11.3 Å². The summed E-state index contributed by atoms with van der Waals surface area (Å²) in [7, 11) is 1.87. The fourth-order valence-electron chi connectivity index (χ4n) is 2.16. The minimum atomic E-state index is -0.270. The minimum Gasteiger partial charge on any atom is -0.387 e. The van der Waals surface area contributed by atoms with Crippen molar-refractivity contribution in [3.63, 3.8) is 0 Å². The molecule has 4 heteroatoms. The number of nitrogens with two attached hydrogens (primary N) is 1. The standard InChI is InChI=1S/C16H18FN3/c1-20(14-9-5-8-13(17)10-14)11-15(16(18)19)12-6-3-2-4-7-12/h2-10,15H,11H2,1H3,(H3,18,19). The molecule has 0 bridgehead atoms. The number of anilines is 1. The normalized spacial score (nSPS) is 11.9. The molecule has 0 amide bonds. The van der Waals surface area contributed by atoms with E-state index in [-0.39, 0.29) is 17.6 Å². The summed E-state index contributed by atoms with van der Waals surface area (Å²) in [5.41, 5.74) is 7.47. The Labute approximate surface area is 118 Å². The summed E-state index contributed by atoms with van der Waals surface area (Å²) in [6.07, 6.45) is 0. The molecule has 2 aromatic rings. The molecule has 0 aliphatic rings. The van der Waals surface area contributed by atoms with Crippen molar-refractivity contribution in [2.75, 3.05) is 18.5 Å². The molecular formula is C16H18FN3. The smallest absolute Gasteiger partial charge is 0.125 e. The SMILES string of the molecule is CN(CC(C(=N)N)c1ccccc1)c1cccc(F)c1. The molecule has 0 aliphatic heterocycles. The molecule has 0 aliphatic carbocycles. The van der Waals surface area contributed by atoms with Crippen molar-refractivity contribution >= 4 is 11.5 Å². The molecule has 0 saturated heterocycles. The summed E-state index contributed by atoms with van der Waals surface area (Å²) in [4.78, 5) is 1.90. The van der Waals surface area contributed by atoms with Gasteiger partial charge in [-0.1, -0.05) is 36.4 Å². The Balaban J connectivity index is 2.19.